The predicted molar refractivity (Wildman–Crippen MR) is 87.7 cm³/mol. The fourth-order valence-electron chi connectivity index (χ4n) is 2.39. The highest BCUT2D eigenvalue weighted by molar-refractivity contribution is 6.02. The van der Waals surface area contributed by atoms with E-state index in [1.54, 1.807) is 0 Å². The van der Waals surface area contributed by atoms with Crippen molar-refractivity contribution in [3.8, 4) is 0 Å². The molecule has 0 aromatic carbocycles. The number of aliphatic imine (C=N–C) groups is 1. The molecule has 0 atom stereocenters. The number of guanidine groups is 1. The lowest BCUT2D eigenvalue weighted by Gasteiger charge is -2.33. The minimum absolute atomic E-state index is 0.191. The monoisotopic (exact) mass is 313 g/mol. The van der Waals surface area contributed by atoms with Gasteiger partial charge < -0.3 is 14.8 Å². The maximum absolute atomic E-state index is 12.2. The number of hydrogen-bond donors (Lipinski definition) is 2. The van der Waals surface area contributed by atoms with Gasteiger partial charge in [0.2, 0.25) is 0 Å². The van der Waals surface area contributed by atoms with E-state index in [0.29, 0.717) is 19.2 Å². The first-order valence-electron chi connectivity index (χ1n) is 8.41. The van der Waals surface area contributed by atoms with Crippen molar-refractivity contribution in [1.82, 2.24) is 10.6 Å². The van der Waals surface area contributed by atoms with E-state index in [9.17, 15) is 4.79 Å². The molecule has 6 heteroatoms. The van der Waals surface area contributed by atoms with Crippen LogP contribution in [-0.2, 0) is 14.3 Å². The van der Waals surface area contributed by atoms with Crippen molar-refractivity contribution >= 4 is 11.9 Å². The zero-order valence-corrected chi connectivity index (χ0v) is 14.4. The molecule has 1 amide bonds. The molecule has 0 aliphatic carbocycles. The lowest BCUT2D eigenvalue weighted by molar-refractivity contribution is -0.222. The van der Waals surface area contributed by atoms with Gasteiger partial charge in [-0.3, -0.25) is 10.1 Å². The third-order valence-corrected chi connectivity index (χ3v) is 3.53. The summed E-state index contributed by atoms with van der Waals surface area (Å²) in [7, 11) is 0. The molecule has 1 aliphatic heterocycles. The molecule has 0 aromatic heterocycles. The van der Waals surface area contributed by atoms with Crippen molar-refractivity contribution in [3.05, 3.63) is 0 Å². The van der Waals surface area contributed by atoms with Crippen LogP contribution in [-0.4, -0.2) is 44.0 Å². The first-order chi connectivity index (χ1) is 10.5. The van der Waals surface area contributed by atoms with Crippen LogP contribution in [0.25, 0.3) is 0 Å². The maximum atomic E-state index is 12.2. The van der Waals surface area contributed by atoms with Crippen LogP contribution in [0.4, 0.5) is 0 Å². The summed E-state index contributed by atoms with van der Waals surface area (Å²) in [5, 5.41) is 5.91. The van der Waals surface area contributed by atoms with Crippen molar-refractivity contribution in [1.29, 1.82) is 0 Å². The fourth-order valence-corrected chi connectivity index (χ4v) is 2.39. The number of nitrogens with zero attached hydrogens (tertiary/aromatic N) is 1. The van der Waals surface area contributed by atoms with Crippen molar-refractivity contribution in [2.24, 2.45) is 10.9 Å². The van der Waals surface area contributed by atoms with Crippen molar-refractivity contribution in [2.45, 2.75) is 59.2 Å². The number of amides is 1. The van der Waals surface area contributed by atoms with Crippen LogP contribution < -0.4 is 10.6 Å². The zero-order chi connectivity index (χ0) is 16.4. The van der Waals surface area contributed by atoms with E-state index >= 15 is 0 Å². The minimum atomic E-state index is -1.27. The Balaban J connectivity index is 2.35. The second kappa shape index (κ2) is 9.79. The molecule has 0 bridgehead atoms. The summed E-state index contributed by atoms with van der Waals surface area (Å²) in [5.41, 5.74) is 0. The van der Waals surface area contributed by atoms with E-state index in [-0.39, 0.29) is 12.5 Å². The normalized spacial score (nSPS) is 17.3. The molecule has 1 heterocycles. The Morgan fingerprint density at radius 2 is 1.91 bits per heavy atom. The Bertz CT molecular complexity index is 364. The van der Waals surface area contributed by atoms with Gasteiger partial charge >= 0.3 is 0 Å². The van der Waals surface area contributed by atoms with Gasteiger partial charge in [0.05, 0.1) is 0 Å². The molecule has 0 aromatic rings. The van der Waals surface area contributed by atoms with E-state index in [1.165, 1.54) is 19.3 Å². The summed E-state index contributed by atoms with van der Waals surface area (Å²) < 4.78 is 11.0. The van der Waals surface area contributed by atoms with Crippen LogP contribution >= 0.6 is 0 Å². The molecular weight excluding hydrogens is 282 g/mol. The van der Waals surface area contributed by atoms with Crippen LogP contribution in [0.2, 0.25) is 0 Å². The van der Waals surface area contributed by atoms with Crippen LogP contribution in [0.3, 0.4) is 0 Å². The highest BCUT2D eigenvalue weighted by atomic mass is 16.7. The number of unbranched alkanes of at least 4 members (excludes halogenated alkanes) is 2. The molecule has 128 valence electrons. The topological polar surface area (TPSA) is 72.0 Å². The molecule has 0 saturated carbocycles. The van der Waals surface area contributed by atoms with Crippen molar-refractivity contribution in [3.63, 3.8) is 0 Å². The van der Waals surface area contributed by atoms with Gasteiger partial charge in [-0.2, -0.15) is 0 Å². The Kier molecular flexibility index (Phi) is 8.42. The molecule has 0 unspecified atom stereocenters. The van der Waals surface area contributed by atoms with Crippen LogP contribution in [0, 0.1) is 5.92 Å². The van der Waals surface area contributed by atoms with Gasteiger partial charge in [0.15, 0.2) is 5.96 Å². The summed E-state index contributed by atoms with van der Waals surface area (Å²) in [6.07, 6.45) is 4.77. The van der Waals surface area contributed by atoms with Gasteiger partial charge in [-0.25, -0.2) is 4.99 Å². The fraction of sp³-hybridized carbons (Fsp3) is 0.875. The second-order valence-electron chi connectivity index (χ2n) is 5.91. The Labute approximate surface area is 134 Å². The smallest absolute Gasteiger partial charge is 0.289 e. The number of hydrogen-bond acceptors (Lipinski definition) is 5. The summed E-state index contributed by atoms with van der Waals surface area (Å²) in [6, 6.07) is 0. The van der Waals surface area contributed by atoms with E-state index in [1.807, 2.05) is 13.8 Å². The van der Waals surface area contributed by atoms with E-state index in [4.69, 9.17) is 9.47 Å². The average Bonchev–Trinajstić information content (AvgIpc) is 2.46. The Morgan fingerprint density at radius 1 is 1.23 bits per heavy atom. The molecule has 6 nitrogen and oxygen atoms in total. The molecular formula is C16H31N3O3. The van der Waals surface area contributed by atoms with Crippen LogP contribution in [0.15, 0.2) is 4.99 Å². The summed E-state index contributed by atoms with van der Waals surface area (Å²) in [6.45, 7) is 9.97. The minimum Gasteiger partial charge on any atom is -0.356 e. The zero-order valence-electron chi connectivity index (χ0n) is 14.4. The SMILES string of the molecule is CCOC1(OCC)CN=C(NCCCCCC(C)C)NC1=O. The number of ether oxygens (including phenoxy) is 2. The highest BCUT2D eigenvalue weighted by Crippen LogP contribution is 2.17. The quantitative estimate of drug-likeness (QED) is 0.478. The largest absolute Gasteiger partial charge is 0.356 e. The number of rotatable bonds is 10. The lowest BCUT2D eigenvalue weighted by Crippen LogP contribution is -2.60. The van der Waals surface area contributed by atoms with Gasteiger partial charge in [0.25, 0.3) is 11.7 Å². The molecule has 1 aliphatic rings. The molecule has 0 fully saturated rings. The number of nitrogens with one attached hydrogen (secondary N) is 2. The maximum Gasteiger partial charge on any atom is 0.289 e. The average molecular weight is 313 g/mol. The van der Waals surface area contributed by atoms with Gasteiger partial charge in [-0.15, -0.1) is 0 Å². The van der Waals surface area contributed by atoms with E-state index in [2.05, 4.69) is 29.5 Å². The molecule has 0 saturated heterocycles. The molecule has 2 N–H and O–H groups in total. The molecule has 22 heavy (non-hydrogen) atoms. The molecule has 0 spiro atoms. The van der Waals surface area contributed by atoms with E-state index in [0.717, 1.165) is 18.9 Å². The predicted octanol–water partition coefficient (Wildman–Crippen LogP) is 2.05. The molecule has 1 rings (SSSR count). The third-order valence-electron chi connectivity index (χ3n) is 3.53. The summed E-state index contributed by atoms with van der Waals surface area (Å²) in [5.74, 6) is -0.274. The van der Waals surface area contributed by atoms with Crippen LogP contribution in [0.1, 0.15) is 53.4 Å². The summed E-state index contributed by atoms with van der Waals surface area (Å²) in [4.78, 5) is 16.6. The third kappa shape index (κ3) is 5.93. The number of carbonyl (C=O) groups excluding carboxylic acids is 1. The van der Waals surface area contributed by atoms with Gasteiger partial charge in [0.1, 0.15) is 6.54 Å². The van der Waals surface area contributed by atoms with Crippen molar-refractivity contribution < 1.29 is 14.3 Å². The van der Waals surface area contributed by atoms with Gasteiger partial charge in [-0.1, -0.05) is 33.1 Å². The second-order valence-corrected chi connectivity index (χ2v) is 5.91. The van der Waals surface area contributed by atoms with Gasteiger partial charge in [-0.05, 0) is 26.2 Å². The first-order valence-corrected chi connectivity index (χ1v) is 8.41. The Morgan fingerprint density at radius 3 is 2.45 bits per heavy atom. The summed E-state index contributed by atoms with van der Waals surface area (Å²) >= 11 is 0. The first kappa shape index (κ1) is 18.9. The highest BCUT2D eigenvalue weighted by Gasteiger charge is 2.43. The number of carbonyl (C=O) groups is 1. The van der Waals surface area contributed by atoms with Crippen LogP contribution in [0.5, 0.6) is 0 Å². The van der Waals surface area contributed by atoms with Crippen molar-refractivity contribution in [2.75, 3.05) is 26.3 Å². The standard InChI is InChI=1S/C16H31N3O3/c1-5-21-16(22-6-2)12-18-15(19-14(16)20)17-11-9-7-8-10-13(3)4/h13H,5-12H2,1-4H3,(H2,17,18,19,20). The van der Waals surface area contributed by atoms with E-state index < -0.39 is 5.79 Å². The Hall–Kier alpha value is -1.14. The molecule has 0 radical (unpaired) electrons. The lowest BCUT2D eigenvalue weighted by atomic mass is 10.1. The van der Waals surface area contributed by atoms with Gasteiger partial charge in [0, 0.05) is 19.8 Å².